The first-order valence-corrected chi connectivity index (χ1v) is 7.29. The van der Waals surface area contributed by atoms with Crippen molar-refractivity contribution >= 4 is 17.3 Å². The minimum atomic E-state index is -0.432. The van der Waals surface area contributed by atoms with Crippen molar-refractivity contribution in [1.29, 1.82) is 0 Å². The first kappa shape index (κ1) is 14.9. The number of piperidine rings is 1. The molecule has 110 valence electrons. The molecule has 20 heavy (non-hydrogen) atoms. The fourth-order valence-corrected chi connectivity index (χ4v) is 2.37. The van der Waals surface area contributed by atoms with E-state index in [4.69, 9.17) is 4.74 Å². The molecular formula is C16H24N2O2. The highest BCUT2D eigenvalue weighted by Gasteiger charge is 2.16. The number of nitrogens with zero attached hydrogens (tertiary/aromatic N) is 1. The Kier molecular flexibility index (Phi) is 5.01. The van der Waals surface area contributed by atoms with Gasteiger partial charge >= 0.3 is 0 Å². The SMILES string of the molecule is COC(C)C(=O)Nc1ccc(N2CCC(C)CC2)cc1. The van der Waals surface area contributed by atoms with Gasteiger partial charge in [0.15, 0.2) is 0 Å². The van der Waals surface area contributed by atoms with Crippen molar-refractivity contribution in [3.63, 3.8) is 0 Å². The van der Waals surface area contributed by atoms with E-state index >= 15 is 0 Å². The van der Waals surface area contributed by atoms with Gasteiger partial charge in [0.05, 0.1) is 0 Å². The summed E-state index contributed by atoms with van der Waals surface area (Å²) in [6, 6.07) is 8.05. The lowest BCUT2D eigenvalue weighted by molar-refractivity contribution is -0.124. The zero-order chi connectivity index (χ0) is 14.5. The van der Waals surface area contributed by atoms with Crippen LogP contribution in [0.1, 0.15) is 26.7 Å². The Labute approximate surface area is 121 Å². The van der Waals surface area contributed by atoms with E-state index in [9.17, 15) is 4.79 Å². The van der Waals surface area contributed by atoms with E-state index in [0.717, 1.165) is 24.7 Å². The summed E-state index contributed by atoms with van der Waals surface area (Å²) in [5.41, 5.74) is 2.04. The van der Waals surface area contributed by atoms with Crippen molar-refractivity contribution in [2.75, 3.05) is 30.4 Å². The van der Waals surface area contributed by atoms with Crippen LogP contribution < -0.4 is 10.2 Å². The summed E-state index contributed by atoms with van der Waals surface area (Å²) in [6.45, 7) is 6.28. The van der Waals surface area contributed by atoms with Crippen LogP contribution in [0.25, 0.3) is 0 Å². The molecule has 0 spiro atoms. The van der Waals surface area contributed by atoms with Crippen molar-refractivity contribution in [3.8, 4) is 0 Å². The van der Waals surface area contributed by atoms with Crippen LogP contribution in [0.5, 0.6) is 0 Å². The van der Waals surface area contributed by atoms with Gasteiger partial charge in [-0.2, -0.15) is 0 Å². The Bertz CT molecular complexity index is 436. The maximum absolute atomic E-state index is 11.7. The molecule has 0 radical (unpaired) electrons. The first-order chi connectivity index (χ1) is 9.60. The molecule has 1 aliphatic rings. The maximum atomic E-state index is 11.7. The molecule has 2 rings (SSSR count). The van der Waals surface area contributed by atoms with E-state index in [2.05, 4.69) is 29.3 Å². The van der Waals surface area contributed by atoms with E-state index in [1.165, 1.54) is 25.6 Å². The third-order valence-corrected chi connectivity index (χ3v) is 4.01. The third-order valence-electron chi connectivity index (χ3n) is 4.01. The molecule has 1 saturated heterocycles. The van der Waals surface area contributed by atoms with Crippen LogP contribution in [0.2, 0.25) is 0 Å². The standard InChI is InChI=1S/C16H24N2O2/c1-12-8-10-18(11-9-12)15-6-4-14(5-7-15)17-16(19)13(2)20-3/h4-7,12-13H,8-11H2,1-3H3,(H,17,19). The quantitative estimate of drug-likeness (QED) is 0.919. The number of methoxy groups -OCH3 is 1. The fraction of sp³-hybridized carbons (Fsp3) is 0.562. The monoisotopic (exact) mass is 276 g/mol. The topological polar surface area (TPSA) is 41.6 Å². The van der Waals surface area contributed by atoms with Gasteiger partial charge in [0.25, 0.3) is 5.91 Å². The lowest BCUT2D eigenvalue weighted by Gasteiger charge is -2.32. The van der Waals surface area contributed by atoms with Gasteiger partial charge in [-0.25, -0.2) is 0 Å². The summed E-state index contributed by atoms with van der Waals surface area (Å²) in [7, 11) is 1.53. The van der Waals surface area contributed by atoms with Gasteiger partial charge in [0, 0.05) is 31.6 Å². The number of ether oxygens (including phenoxy) is 1. The Hall–Kier alpha value is -1.55. The number of hydrogen-bond donors (Lipinski definition) is 1. The number of anilines is 2. The van der Waals surface area contributed by atoms with Gasteiger partial charge in [-0.05, 0) is 49.9 Å². The van der Waals surface area contributed by atoms with Crippen LogP contribution in [0.4, 0.5) is 11.4 Å². The highest BCUT2D eigenvalue weighted by Crippen LogP contribution is 2.24. The highest BCUT2D eigenvalue weighted by atomic mass is 16.5. The summed E-state index contributed by atoms with van der Waals surface area (Å²) in [5, 5.41) is 2.85. The average Bonchev–Trinajstić information content (AvgIpc) is 2.48. The Morgan fingerprint density at radius 1 is 1.30 bits per heavy atom. The molecule has 1 amide bonds. The molecule has 0 aliphatic carbocycles. The summed E-state index contributed by atoms with van der Waals surface area (Å²) in [5.74, 6) is 0.715. The van der Waals surface area contributed by atoms with Crippen molar-refractivity contribution in [2.45, 2.75) is 32.8 Å². The molecule has 1 unspecified atom stereocenters. The number of carbonyl (C=O) groups is 1. The second-order valence-corrected chi connectivity index (χ2v) is 5.58. The van der Waals surface area contributed by atoms with E-state index in [-0.39, 0.29) is 5.91 Å². The number of benzene rings is 1. The second-order valence-electron chi connectivity index (χ2n) is 5.58. The van der Waals surface area contributed by atoms with Gasteiger partial charge in [-0.1, -0.05) is 6.92 Å². The molecule has 1 N–H and O–H groups in total. The molecular weight excluding hydrogens is 252 g/mol. The Morgan fingerprint density at radius 3 is 2.45 bits per heavy atom. The second kappa shape index (κ2) is 6.75. The number of carbonyl (C=O) groups excluding carboxylic acids is 1. The number of rotatable bonds is 4. The van der Waals surface area contributed by atoms with E-state index in [1.54, 1.807) is 6.92 Å². The molecule has 0 bridgehead atoms. The lowest BCUT2D eigenvalue weighted by Crippen LogP contribution is -2.32. The number of nitrogens with one attached hydrogen (secondary N) is 1. The highest BCUT2D eigenvalue weighted by molar-refractivity contribution is 5.94. The first-order valence-electron chi connectivity index (χ1n) is 7.29. The van der Waals surface area contributed by atoms with Crippen molar-refractivity contribution in [3.05, 3.63) is 24.3 Å². The van der Waals surface area contributed by atoms with E-state index < -0.39 is 6.10 Å². The van der Waals surface area contributed by atoms with Crippen LogP contribution in [0.15, 0.2) is 24.3 Å². The molecule has 1 aliphatic heterocycles. The minimum absolute atomic E-state index is 0.118. The Balaban J connectivity index is 1.94. The molecule has 0 aromatic heterocycles. The molecule has 1 aromatic carbocycles. The third kappa shape index (κ3) is 3.73. The van der Waals surface area contributed by atoms with E-state index in [1.807, 2.05) is 12.1 Å². The van der Waals surface area contributed by atoms with Gasteiger partial charge in [0.2, 0.25) is 0 Å². The van der Waals surface area contributed by atoms with Crippen molar-refractivity contribution in [2.24, 2.45) is 5.92 Å². The van der Waals surface area contributed by atoms with Crippen LogP contribution in [-0.4, -0.2) is 32.2 Å². The smallest absolute Gasteiger partial charge is 0.253 e. The lowest BCUT2D eigenvalue weighted by atomic mass is 9.99. The minimum Gasteiger partial charge on any atom is -0.372 e. The summed E-state index contributed by atoms with van der Waals surface area (Å²) >= 11 is 0. The maximum Gasteiger partial charge on any atom is 0.253 e. The fourth-order valence-electron chi connectivity index (χ4n) is 2.37. The molecule has 1 aromatic rings. The largest absolute Gasteiger partial charge is 0.372 e. The van der Waals surface area contributed by atoms with Gasteiger partial charge in [-0.3, -0.25) is 4.79 Å². The summed E-state index contributed by atoms with van der Waals surface area (Å²) in [4.78, 5) is 14.1. The number of hydrogen-bond acceptors (Lipinski definition) is 3. The predicted octanol–water partition coefficient (Wildman–Crippen LogP) is 2.90. The van der Waals surface area contributed by atoms with Crippen LogP contribution >= 0.6 is 0 Å². The normalized spacial score (nSPS) is 17.9. The molecule has 4 heteroatoms. The van der Waals surface area contributed by atoms with Gasteiger partial charge < -0.3 is 15.0 Å². The molecule has 1 atom stereocenters. The Morgan fingerprint density at radius 2 is 1.90 bits per heavy atom. The van der Waals surface area contributed by atoms with Crippen LogP contribution in [0, 0.1) is 5.92 Å². The number of amides is 1. The van der Waals surface area contributed by atoms with Crippen LogP contribution in [-0.2, 0) is 9.53 Å². The van der Waals surface area contributed by atoms with E-state index in [0.29, 0.717) is 0 Å². The van der Waals surface area contributed by atoms with Gasteiger partial charge in [-0.15, -0.1) is 0 Å². The summed E-state index contributed by atoms with van der Waals surface area (Å²) < 4.78 is 4.99. The molecule has 1 heterocycles. The zero-order valence-electron chi connectivity index (χ0n) is 12.6. The molecule has 0 saturated carbocycles. The van der Waals surface area contributed by atoms with Crippen LogP contribution in [0.3, 0.4) is 0 Å². The average molecular weight is 276 g/mol. The van der Waals surface area contributed by atoms with Crippen molar-refractivity contribution in [1.82, 2.24) is 0 Å². The van der Waals surface area contributed by atoms with Crippen molar-refractivity contribution < 1.29 is 9.53 Å². The van der Waals surface area contributed by atoms with Gasteiger partial charge in [0.1, 0.15) is 6.10 Å². The molecule has 1 fully saturated rings. The molecule has 4 nitrogen and oxygen atoms in total. The zero-order valence-corrected chi connectivity index (χ0v) is 12.6. The predicted molar refractivity (Wildman–Crippen MR) is 82.2 cm³/mol. The summed E-state index contributed by atoms with van der Waals surface area (Å²) in [6.07, 6.45) is 2.08.